The molecule has 1 aliphatic rings. The highest BCUT2D eigenvalue weighted by molar-refractivity contribution is 5.94. The summed E-state index contributed by atoms with van der Waals surface area (Å²) in [6.45, 7) is 0.995. The average Bonchev–Trinajstić information content (AvgIpc) is 3.56. The van der Waals surface area contributed by atoms with Crippen molar-refractivity contribution in [2.45, 2.75) is 19.5 Å². The van der Waals surface area contributed by atoms with Gasteiger partial charge in [0, 0.05) is 31.0 Å². The van der Waals surface area contributed by atoms with Crippen molar-refractivity contribution in [3.8, 4) is 11.6 Å². The second-order valence-corrected chi connectivity index (χ2v) is 8.23. The first-order valence-electron chi connectivity index (χ1n) is 11.0. The van der Waals surface area contributed by atoms with E-state index in [-0.39, 0.29) is 17.7 Å². The Hall–Kier alpha value is -4.67. The lowest BCUT2D eigenvalue weighted by atomic mass is 10.0. The van der Waals surface area contributed by atoms with Crippen LogP contribution in [-0.2, 0) is 19.5 Å². The number of halogens is 1. The fourth-order valence-electron chi connectivity index (χ4n) is 4.36. The molecule has 6 rings (SSSR count). The van der Waals surface area contributed by atoms with Gasteiger partial charge in [0.05, 0.1) is 29.4 Å². The third-order valence-electron chi connectivity index (χ3n) is 6.11. The molecule has 35 heavy (non-hydrogen) atoms. The van der Waals surface area contributed by atoms with Crippen LogP contribution in [0.15, 0.2) is 64.0 Å². The average molecular weight is 471 g/mol. The number of H-pyrrole nitrogens is 1. The van der Waals surface area contributed by atoms with E-state index < -0.39 is 11.7 Å². The normalized spacial score (nSPS) is 13.2. The summed E-state index contributed by atoms with van der Waals surface area (Å²) in [5, 5.41) is 19.9. The van der Waals surface area contributed by atoms with Crippen LogP contribution < -0.4 is 5.56 Å². The van der Waals surface area contributed by atoms with Gasteiger partial charge in [0.1, 0.15) is 5.82 Å². The molecular formula is C24H18FN7O3. The van der Waals surface area contributed by atoms with Gasteiger partial charge in [0.2, 0.25) is 11.6 Å². The van der Waals surface area contributed by atoms with Gasteiger partial charge < -0.3 is 14.0 Å². The van der Waals surface area contributed by atoms with Gasteiger partial charge in [-0.15, -0.1) is 10.2 Å². The molecule has 4 heterocycles. The van der Waals surface area contributed by atoms with Gasteiger partial charge in [-0.3, -0.25) is 9.59 Å². The highest BCUT2D eigenvalue weighted by atomic mass is 19.1. The quantitative estimate of drug-likeness (QED) is 0.427. The zero-order chi connectivity index (χ0) is 23.9. The van der Waals surface area contributed by atoms with Crippen molar-refractivity contribution < 1.29 is 13.7 Å². The Balaban J connectivity index is 1.27. The van der Waals surface area contributed by atoms with Crippen molar-refractivity contribution in [1.82, 2.24) is 35.0 Å². The number of hydrogen-bond acceptors (Lipinski definition) is 7. The summed E-state index contributed by atoms with van der Waals surface area (Å²) in [6, 6.07) is 13.3. The number of fused-ring (bicyclic) bond motifs is 2. The summed E-state index contributed by atoms with van der Waals surface area (Å²) in [7, 11) is 0. The van der Waals surface area contributed by atoms with Crippen LogP contribution in [0.25, 0.3) is 22.4 Å². The molecule has 0 unspecified atom stereocenters. The molecule has 1 N–H and O–H groups in total. The molecule has 0 spiro atoms. The summed E-state index contributed by atoms with van der Waals surface area (Å²) in [5.41, 5.74) is 1.03. The maximum atomic E-state index is 14.7. The molecule has 10 nitrogen and oxygen atoms in total. The zero-order valence-corrected chi connectivity index (χ0v) is 18.3. The minimum absolute atomic E-state index is 0.0281. The summed E-state index contributed by atoms with van der Waals surface area (Å²) >= 11 is 0. The first-order valence-corrected chi connectivity index (χ1v) is 11.0. The van der Waals surface area contributed by atoms with E-state index in [1.165, 1.54) is 12.3 Å². The van der Waals surface area contributed by atoms with Gasteiger partial charge in [-0.05, 0) is 23.8 Å². The molecule has 0 radical (unpaired) electrons. The second-order valence-electron chi connectivity index (χ2n) is 8.23. The Labute approximate surface area is 197 Å². The molecule has 2 aromatic carbocycles. The monoisotopic (exact) mass is 471 g/mol. The van der Waals surface area contributed by atoms with Crippen LogP contribution in [0.1, 0.15) is 27.4 Å². The van der Waals surface area contributed by atoms with Crippen molar-refractivity contribution in [2.75, 3.05) is 6.54 Å². The van der Waals surface area contributed by atoms with Crippen molar-refractivity contribution in [3.05, 3.63) is 93.5 Å². The van der Waals surface area contributed by atoms with Crippen LogP contribution in [0.5, 0.6) is 0 Å². The number of amides is 1. The lowest BCUT2D eigenvalue weighted by Crippen LogP contribution is -2.39. The number of carbonyl (C=O) groups is 1. The van der Waals surface area contributed by atoms with Crippen molar-refractivity contribution in [3.63, 3.8) is 0 Å². The highest BCUT2D eigenvalue weighted by Crippen LogP contribution is 2.24. The number of carbonyl (C=O) groups excluding carboxylic acids is 1. The van der Waals surface area contributed by atoms with Gasteiger partial charge in [-0.25, -0.2) is 9.49 Å². The molecule has 0 saturated carbocycles. The van der Waals surface area contributed by atoms with Crippen LogP contribution in [-0.4, -0.2) is 47.5 Å². The molecule has 1 amide bonds. The number of rotatable bonds is 4. The molecule has 0 saturated heterocycles. The van der Waals surface area contributed by atoms with E-state index in [0.717, 1.165) is 0 Å². The smallest absolute Gasteiger partial charge is 0.272 e. The third-order valence-corrected chi connectivity index (χ3v) is 6.11. The molecule has 3 aromatic heterocycles. The van der Waals surface area contributed by atoms with E-state index in [4.69, 9.17) is 4.52 Å². The minimum atomic E-state index is -0.604. The topological polar surface area (TPSA) is 123 Å². The fraction of sp³-hybridized carbons (Fsp3) is 0.167. The van der Waals surface area contributed by atoms with Gasteiger partial charge in [0.25, 0.3) is 11.5 Å². The van der Waals surface area contributed by atoms with E-state index in [1.807, 2.05) is 16.7 Å². The predicted molar refractivity (Wildman–Crippen MR) is 122 cm³/mol. The lowest BCUT2D eigenvalue weighted by molar-refractivity contribution is 0.0703. The van der Waals surface area contributed by atoms with E-state index in [9.17, 15) is 14.0 Å². The molecule has 5 aromatic rings. The van der Waals surface area contributed by atoms with Gasteiger partial charge in [-0.2, -0.15) is 5.10 Å². The first kappa shape index (κ1) is 20.9. The largest absolute Gasteiger partial charge is 0.353 e. The Morgan fingerprint density at radius 3 is 2.77 bits per heavy atom. The van der Waals surface area contributed by atoms with Gasteiger partial charge >= 0.3 is 0 Å². The Morgan fingerprint density at radius 2 is 1.94 bits per heavy atom. The summed E-state index contributed by atoms with van der Waals surface area (Å²) in [6.07, 6.45) is 1.85. The Kier molecular flexibility index (Phi) is 4.94. The van der Waals surface area contributed by atoms with Crippen LogP contribution >= 0.6 is 0 Å². The molecular weight excluding hydrogens is 453 g/mol. The SMILES string of the molecule is O=C(c1cc(Cc2n[nH]c(=O)c3ccccc23)ccc1F)N1CCn2c(nnc2-c2ccno2)C1. The maximum Gasteiger partial charge on any atom is 0.272 e. The third kappa shape index (κ3) is 3.66. The lowest BCUT2D eigenvalue weighted by Gasteiger charge is -2.28. The second kappa shape index (κ2) is 8.28. The fourth-order valence-corrected chi connectivity index (χ4v) is 4.36. The van der Waals surface area contributed by atoms with Crippen molar-refractivity contribution in [2.24, 2.45) is 0 Å². The number of aromatic nitrogens is 6. The van der Waals surface area contributed by atoms with Crippen LogP contribution in [0.4, 0.5) is 4.39 Å². The van der Waals surface area contributed by atoms with E-state index in [0.29, 0.717) is 58.9 Å². The van der Waals surface area contributed by atoms with Crippen molar-refractivity contribution in [1.29, 1.82) is 0 Å². The predicted octanol–water partition coefficient (Wildman–Crippen LogP) is 2.56. The summed E-state index contributed by atoms with van der Waals surface area (Å²) in [4.78, 5) is 26.9. The molecule has 11 heteroatoms. The van der Waals surface area contributed by atoms with Gasteiger partial charge in [0.15, 0.2) is 5.82 Å². The number of benzene rings is 2. The number of hydrogen-bond donors (Lipinski definition) is 1. The van der Waals surface area contributed by atoms with Gasteiger partial charge in [-0.1, -0.05) is 29.4 Å². The first-order chi connectivity index (χ1) is 17.1. The van der Waals surface area contributed by atoms with Crippen LogP contribution in [0, 0.1) is 5.82 Å². The Morgan fingerprint density at radius 1 is 1.09 bits per heavy atom. The highest BCUT2D eigenvalue weighted by Gasteiger charge is 2.28. The maximum absolute atomic E-state index is 14.7. The molecule has 0 bridgehead atoms. The minimum Gasteiger partial charge on any atom is -0.353 e. The van der Waals surface area contributed by atoms with Crippen molar-refractivity contribution >= 4 is 16.7 Å². The number of aromatic amines is 1. The molecule has 0 fully saturated rings. The molecule has 0 aliphatic carbocycles. The number of nitrogens with zero attached hydrogens (tertiary/aromatic N) is 6. The summed E-state index contributed by atoms with van der Waals surface area (Å²) < 4.78 is 21.8. The van der Waals surface area contributed by atoms with Crippen LogP contribution in [0.3, 0.4) is 0 Å². The van der Waals surface area contributed by atoms with E-state index in [2.05, 4.69) is 25.6 Å². The summed E-state index contributed by atoms with van der Waals surface area (Å²) in [5.74, 6) is 0.576. The zero-order valence-electron chi connectivity index (χ0n) is 18.3. The molecule has 0 atom stereocenters. The Bertz CT molecular complexity index is 1620. The number of nitrogens with one attached hydrogen (secondary N) is 1. The standard InChI is InChI=1S/C24H18FN7O3/c25-18-6-5-14(12-19-15-3-1-2-4-16(15)23(33)30-27-19)11-17(18)24(34)31-9-10-32-21(13-31)28-29-22(32)20-7-8-26-35-20/h1-8,11H,9-10,12-13H2,(H,30,33). The van der Waals surface area contributed by atoms with Crippen LogP contribution in [0.2, 0.25) is 0 Å². The molecule has 1 aliphatic heterocycles. The van der Waals surface area contributed by atoms with E-state index >= 15 is 0 Å². The molecule has 174 valence electrons. The van der Waals surface area contributed by atoms with E-state index in [1.54, 1.807) is 35.2 Å².